The number of aromatic nitrogens is 2. The zero-order valence-electron chi connectivity index (χ0n) is 19.6. The van der Waals surface area contributed by atoms with E-state index >= 15 is 0 Å². The third kappa shape index (κ3) is 4.74. The van der Waals surface area contributed by atoms with Crippen molar-refractivity contribution >= 4 is 5.91 Å². The second-order valence-corrected chi connectivity index (χ2v) is 9.45. The van der Waals surface area contributed by atoms with Gasteiger partial charge in [0.05, 0.1) is 11.4 Å². The first kappa shape index (κ1) is 21.9. The van der Waals surface area contributed by atoms with Crippen LogP contribution < -0.4 is 0 Å². The van der Waals surface area contributed by atoms with Crippen LogP contribution in [0.1, 0.15) is 53.5 Å². The maximum absolute atomic E-state index is 13.9. The molecule has 0 N–H and O–H groups in total. The number of benzene rings is 2. The van der Waals surface area contributed by atoms with E-state index in [1.54, 1.807) is 0 Å². The van der Waals surface area contributed by atoms with Crippen molar-refractivity contribution in [3.63, 3.8) is 0 Å². The smallest absolute Gasteiger partial charge is 0.272 e. The number of nitrogens with zero attached hydrogens (tertiary/aromatic N) is 4. The van der Waals surface area contributed by atoms with Gasteiger partial charge in [-0.3, -0.25) is 9.69 Å². The van der Waals surface area contributed by atoms with E-state index in [-0.39, 0.29) is 5.91 Å². The van der Waals surface area contributed by atoms with Crippen LogP contribution in [0, 0.1) is 5.92 Å². The molecule has 0 spiro atoms. The second-order valence-electron chi connectivity index (χ2n) is 9.45. The van der Waals surface area contributed by atoms with Crippen molar-refractivity contribution in [3.05, 3.63) is 83.2 Å². The highest BCUT2D eigenvalue weighted by Gasteiger charge is 2.31. The number of carbonyl (C=O) groups excluding carboxylic acids is 1. The summed E-state index contributed by atoms with van der Waals surface area (Å²) in [6.07, 6.45) is 5.36. The molecule has 0 bridgehead atoms. The molecule has 2 aromatic carbocycles. The summed E-state index contributed by atoms with van der Waals surface area (Å²) in [4.78, 5) is 18.5. The molecule has 1 aromatic heterocycles. The minimum Gasteiger partial charge on any atom is -0.337 e. The molecule has 1 aliphatic heterocycles. The lowest BCUT2D eigenvalue weighted by Crippen LogP contribution is -2.37. The summed E-state index contributed by atoms with van der Waals surface area (Å²) in [6, 6.07) is 20.8. The number of carbonyl (C=O) groups is 1. The molecule has 1 unspecified atom stereocenters. The maximum atomic E-state index is 13.9. The number of amides is 1. The second kappa shape index (κ2) is 9.92. The van der Waals surface area contributed by atoms with Gasteiger partial charge in [0.2, 0.25) is 0 Å². The first-order chi connectivity index (χ1) is 16.2. The molecule has 1 atom stereocenters. The highest BCUT2D eigenvalue weighted by molar-refractivity contribution is 5.95. The Hall–Kier alpha value is -2.92. The Bertz CT molecular complexity index is 1080. The van der Waals surface area contributed by atoms with Crippen molar-refractivity contribution in [2.24, 2.45) is 5.92 Å². The lowest BCUT2D eigenvalue weighted by atomic mass is 9.95. The van der Waals surface area contributed by atoms with Crippen LogP contribution in [0.25, 0.3) is 5.69 Å². The van der Waals surface area contributed by atoms with E-state index in [0.717, 1.165) is 81.9 Å². The number of fused-ring (bicyclic) bond motifs is 1. The molecule has 3 aromatic rings. The fourth-order valence-corrected chi connectivity index (χ4v) is 5.39. The summed E-state index contributed by atoms with van der Waals surface area (Å²) in [6.45, 7) is 6.78. The SMILES string of the molecule is CCN(CC1CCN(Cc2ccccc2)C1)C(=O)c1c2c(nn1-c1ccccc1)CCCC2. The van der Waals surface area contributed by atoms with Crippen molar-refractivity contribution < 1.29 is 4.79 Å². The zero-order chi connectivity index (χ0) is 22.6. The fourth-order valence-electron chi connectivity index (χ4n) is 5.39. The minimum absolute atomic E-state index is 0.138. The Morgan fingerprint density at radius 3 is 2.52 bits per heavy atom. The number of hydrogen-bond acceptors (Lipinski definition) is 3. The van der Waals surface area contributed by atoms with Crippen LogP contribution in [-0.2, 0) is 19.4 Å². The Morgan fingerprint density at radius 2 is 1.76 bits per heavy atom. The van der Waals surface area contributed by atoms with Gasteiger partial charge in [0, 0.05) is 31.7 Å². The van der Waals surface area contributed by atoms with Crippen LogP contribution in [0.2, 0.25) is 0 Å². The third-order valence-electron chi connectivity index (χ3n) is 7.13. The Kier molecular flexibility index (Phi) is 6.58. The van der Waals surface area contributed by atoms with E-state index in [9.17, 15) is 4.79 Å². The van der Waals surface area contributed by atoms with E-state index in [2.05, 4.69) is 47.1 Å². The standard InChI is InChI=1S/C28H34N4O/c1-2-31(21-23-17-18-30(20-23)19-22-11-5-3-6-12-22)28(33)27-25-15-9-10-16-26(25)29-32(27)24-13-7-4-8-14-24/h3-8,11-14,23H,2,9-10,15-21H2,1H3. The summed E-state index contributed by atoms with van der Waals surface area (Å²) in [5.74, 6) is 0.653. The summed E-state index contributed by atoms with van der Waals surface area (Å²) >= 11 is 0. The van der Waals surface area contributed by atoms with Crippen molar-refractivity contribution in [3.8, 4) is 5.69 Å². The number of hydrogen-bond donors (Lipinski definition) is 0. The quantitative estimate of drug-likeness (QED) is 0.531. The molecule has 1 fully saturated rings. The van der Waals surface area contributed by atoms with Gasteiger partial charge in [-0.1, -0.05) is 48.5 Å². The molecule has 172 valence electrons. The van der Waals surface area contributed by atoms with Gasteiger partial charge in [-0.25, -0.2) is 4.68 Å². The first-order valence-electron chi connectivity index (χ1n) is 12.4. The summed E-state index contributed by atoms with van der Waals surface area (Å²) in [5.41, 5.74) is 5.41. The minimum atomic E-state index is 0.138. The lowest BCUT2D eigenvalue weighted by molar-refractivity contribution is 0.0728. The van der Waals surface area contributed by atoms with E-state index < -0.39 is 0 Å². The lowest BCUT2D eigenvalue weighted by Gasteiger charge is -2.26. The van der Waals surface area contributed by atoms with Crippen LogP contribution in [-0.4, -0.2) is 51.7 Å². The molecular formula is C28H34N4O. The van der Waals surface area contributed by atoms with Gasteiger partial charge in [-0.2, -0.15) is 5.10 Å². The van der Waals surface area contributed by atoms with Gasteiger partial charge in [-0.15, -0.1) is 0 Å². The molecular weight excluding hydrogens is 408 g/mol. The largest absolute Gasteiger partial charge is 0.337 e. The monoisotopic (exact) mass is 442 g/mol. The molecule has 5 rings (SSSR count). The summed E-state index contributed by atoms with van der Waals surface area (Å²) in [5, 5.41) is 4.91. The van der Waals surface area contributed by atoms with Crippen molar-refractivity contribution in [2.45, 2.75) is 45.6 Å². The summed E-state index contributed by atoms with van der Waals surface area (Å²) in [7, 11) is 0. The summed E-state index contributed by atoms with van der Waals surface area (Å²) < 4.78 is 1.91. The van der Waals surface area contributed by atoms with Crippen molar-refractivity contribution in [1.82, 2.24) is 19.6 Å². The Balaban J connectivity index is 1.34. The van der Waals surface area contributed by atoms with Crippen molar-refractivity contribution in [2.75, 3.05) is 26.2 Å². The number of likely N-dealkylation sites (tertiary alicyclic amines) is 1. The van der Waals surface area contributed by atoms with Crippen LogP contribution in [0.5, 0.6) is 0 Å². The van der Waals surface area contributed by atoms with Gasteiger partial charge in [0.25, 0.3) is 5.91 Å². The predicted octanol–water partition coefficient (Wildman–Crippen LogP) is 4.74. The first-order valence-corrected chi connectivity index (χ1v) is 12.4. The average molecular weight is 443 g/mol. The van der Waals surface area contributed by atoms with Crippen LogP contribution in [0.4, 0.5) is 0 Å². The number of rotatable bonds is 7. The molecule has 1 saturated heterocycles. The van der Waals surface area contributed by atoms with E-state index in [0.29, 0.717) is 5.92 Å². The Labute approximate surface area is 197 Å². The van der Waals surface area contributed by atoms with Crippen molar-refractivity contribution in [1.29, 1.82) is 0 Å². The molecule has 5 heteroatoms. The molecule has 1 aliphatic carbocycles. The Morgan fingerprint density at radius 1 is 1.03 bits per heavy atom. The third-order valence-corrected chi connectivity index (χ3v) is 7.13. The van der Waals surface area contributed by atoms with Crippen LogP contribution in [0.3, 0.4) is 0 Å². The van der Waals surface area contributed by atoms with Gasteiger partial charge in [0.1, 0.15) is 5.69 Å². The fraction of sp³-hybridized carbons (Fsp3) is 0.429. The number of para-hydroxylation sites is 1. The normalized spacial score (nSPS) is 18.3. The average Bonchev–Trinajstić information content (AvgIpc) is 3.47. The number of aryl methyl sites for hydroxylation is 1. The van der Waals surface area contributed by atoms with E-state index in [4.69, 9.17) is 5.10 Å². The molecule has 5 nitrogen and oxygen atoms in total. The van der Waals surface area contributed by atoms with Crippen LogP contribution >= 0.6 is 0 Å². The highest BCUT2D eigenvalue weighted by Crippen LogP contribution is 2.28. The van der Waals surface area contributed by atoms with Crippen LogP contribution in [0.15, 0.2) is 60.7 Å². The van der Waals surface area contributed by atoms with Gasteiger partial charge in [0.15, 0.2) is 0 Å². The van der Waals surface area contributed by atoms with E-state index in [1.807, 2.05) is 35.0 Å². The van der Waals surface area contributed by atoms with Gasteiger partial charge in [-0.05, 0) is 69.2 Å². The topological polar surface area (TPSA) is 41.4 Å². The van der Waals surface area contributed by atoms with Gasteiger partial charge < -0.3 is 4.90 Å². The maximum Gasteiger partial charge on any atom is 0.272 e. The molecule has 2 heterocycles. The molecule has 33 heavy (non-hydrogen) atoms. The molecule has 2 aliphatic rings. The highest BCUT2D eigenvalue weighted by atomic mass is 16.2. The van der Waals surface area contributed by atoms with Gasteiger partial charge >= 0.3 is 0 Å². The van der Waals surface area contributed by atoms with E-state index in [1.165, 1.54) is 11.1 Å². The molecule has 0 saturated carbocycles. The molecule has 1 amide bonds. The predicted molar refractivity (Wildman–Crippen MR) is 132 cm³/mol. The zero-order valence-corrected chi connectivity index (χ0v) is 19.6. The molecule has 0 radical (unpaired) electrons.